The van der Waals surface area contributed by atoms with Crippen molar-refractivity contribution in [3.05, 3.63) is 71.6 Å². The third-order valence-electron chi connectivity index (χ3n) is 4.98. The maximum Gasteiger partial charge on any atom is 0.276 e. The van der Waals surface area contributed by atoms with Gasteiger partial charge in [-0.15, -0.1) is 0 Å². The number of aryl methyl sites for hydroxylation is 2. The van der Waals surface area contributed by atoms with Crippen LogP contribution in [0.3, 0.4) is 0 Å². The number of amides is 1. The van der Waals surface area contributed by atoms with Crippen LogP contribution in [-0.4, -0.2) is 40.8 Å². The van der Waals surface area contributed by atoms with E-state index < -0.39 is 6.17 Å². The summed E-state index contributed by atoms with van der Waals surface area (Å²) in [6.07, 6.45) is 2.85. The number of hydrogen-bond donors (Lipinski definition) is 1. The number of rotatable bonds is 5. The molecule has 8 heteroatoms. The van der Waals surface area contributed by atoms with Gasteiger partial charge in [0.2, 0.25) is 6.17 Å². The molecule has 1 N–H and O–H groups in total. The first-order valence-corrected chi connectivity index (χ1v) is 10.5. The second-order valence-electron chi connectivity index (χ2n) is 7.07. The highest BCUT2D eigenvalue weighted by atomic mass is 32.2. The Balaban J connectivity index is 1.45. The average Bonchev–Trinajstić information content (AvgIpc) is 3.16. The van der Waals surface area contributed by atoms with Gasteiger partial charge in [-0.2, -0.15) is 5.10 Å². The van der Waals surface area contributed by atoms with E-state index in [4.69, 9.17) is 4.74 Å². The first-order chi connectivity index (χ1) is 14.5. The number of anilines is 1. The summed E-state index contributed by atoms with van der Waals surface area (Å²) in [5, 5.41) is 4.87. The van der Waals surface area contributed by atoms with Gasteiger partial charge in [0.05, 0.1) is 18.6 Å². The molecule has 0 aliphatic carbocycles. The molecule has 1 unspecified atom stereocenters. The molecule has 0 fully saturated rings. The number of methoxy groups -OCH3 is 1. The largest absolute Gasteiger partial charge is 0.497 e. The van der Waals surface area contributed by atoms with Crippen LogP contribution in [-0.2, 0) is 4.79 Å². The highest BCUT2D eigenvalue weighted by Crippen LogP contribution is 2.28. The quantitative estimate of drug-likeness (QED) is 0.746. The number of carbonyl (C=O) groups excluding carboxylic acids is 2. The Morgan fingerprint density at radius 1 is 1.20 bits per heavy atom. The van der Waals surface area contributed by atoms with Crippen molar-refractivity contribution in [2.75, 3.05) is 17.8 Å². The van der Waals surface area contributed by atoms with Crippen LogP contribution in [0.15, 0.2) is 60.0 Å². The summed E-state index contributed by atoms with van der Waals surface area (Å²) < 4.78 is 5.24. The highest BCUT2D eigenvalue weighted by molar-refractivity contribution is 8.14. The Bertz CT molecular complexity index is 1070. The smallest absolute Gasteiger partial charge is 0.276 e. The minimum Gasteiger partial charge on any atom is -0.497 e. The normalized spacial score (nSPS) is 17.5. The van der Waals surface area contributed by atoms with E-state index in [-0.39, 0.29) is 17.4 Å². The van der Waals surface area contributed by atoms with Crippen LogP contribution in [0.25, 0.3) is 0 Å². The summed E-state index contributed by atoms with van der Waals surface area (Å²) in [6.45, 7) is 3.94. The zero-order chi connectivity index (χ0) is 21.3. The van der Waals surface area contributed by atoms with E-state index in [2.05, 4.69) is 10.5 Å². The third-order valence-corrected chi connectivity index (χ3v) is 5.94. The van der Waals surface area contributed by atoms with Gasteiger partial charge in [-0.05, 0) is 31.5 Å². The number of ketones is 1. The lowest BCUT2D eigenvalue weighted by atomic mass is 10.0. The van der Waals surface area contributed by atoms with Gasteiger partial charge >= 0.3 is 0 Å². The van der Waals surface area contributed by atoms with Gasteiger partial charge in [-0.25, -0.2) is 0 Å². The number of amidine groups is 1. The number of nitrogens with zero attached hydrogens (tertiary/aromatic N) is 3. The molecule has 0 spiro atoms. The molecule has 0 aromatic heterocycles. The Morgan fingerprint density at radius 2 is 2.03 bits per heavy atom. The Labute approximate surface area is 179 Å². The summed E-state index contributed by atoms with van der Waals surface area (Å²) >= 11 is 1.31. The number of Topliss-reactive ketones (excluding diaryl/α,β-unsaturated/α-hetero) is 1. The molecule has 2 aliphatic rings. The monoisotopic (exact) mass is 422 g/mol. The molecule has 0 bridgehead atoms. The fourth-order valence-electron chi connectivity index (χ4n) is 3.43. The second-order valence-corrected chi connectivity index (χ2v) is 8.01. The van der Waals surface area contributed by atoms with Crippen molar-refractivity contribution in [1.82, 2.24) is 10.3 Å². The van der Waals surface area contributed by atoms with E-state index in [9.17, 15) is 9.59 Å². The number of hydrazone groups is 1. The van der Waals surface area contributed by atoms with Crippen molar-refractivity contribution < 1.29 is 14.3 Å². The van der Waals surface area contributed by atoms with E-state index in [1.165, 1.54) is 11.8 Å². The number of thioether (sulfide) groups is 1. The molecule has 154 valence electrons. The zero-order valence-electron chi connectivity index (χ0n) is 17.0. The maximum absolute atomic E-state index is 13.0. The summed E-state index contributed by atoms with van der Waals surface area (Å²) in [4.78, 5) is 28.9. The second kappa shape index (κ2) is 8.23. The Kier molecular flexibility index (Phi) is 5.50. The third kappa shape index (κ3) is 3.78. The Morgan fingerprint density at radius 3 is 2.80 bits per heavy atom. The molecule has 2 heterocycles. The molecular weight excluding hydrogens is 400 g/mol. The molecule has 1 amide bonds. The van der Waals surface area contributed by atoms with Gasteiger partial charge in [0, 0.05) is 24.0 Å². The van der Waals surface area contributed by atoms with Gasteiger partial charge in [0.15, 0.2) is 11.0 Å². The van der Waals surface area contributed by atoms with Crippen LogP contribution in [0.2, 0.25) is 0 Å². The average molecular weight is 423 g/mol. The first kappa shape index (κ1) is 20.0. The standard InChI is InChI=1S/C22H22N4O3S/c1-14-7-8-18(15(2)11-14)19(27)13-30-22-24-23-20-21(28)25(9-10-26(20)22)16-5-4-6-17(12-16)29-3/h4-12,20,23H,13H2,1-3H3. The van der Waals surface area contributed by atoms with E-state index >= 15 is 0 Å². The highest BCUT2D eigenvalue weighted by Gasteiger charge is 2.38. The molecule has 2 aromatic carbocycles. The minimum absolute atomic E-state index is 0.0361. The SMILES string of the molecule is COc1cccc(N2C=CN3C(SCC(=O)c4ccc(C)cc4C)=NNC3C2=O)c1. The Hall–Kier alpha value is -3.26. The van der Waals surface area contributed by atoms with Crippen molar-refractivity contribution in [3.8, 4) is 5.75 Å². The molecule has 0 saturated carbocycles. The number of fused-ring (bicyclic) bond motifs is 1. The van der Waals surface area contributed by atoms with Crippen LogP contribution in [0.1, 0.15) is 21.5 Å². The molecular formula is C22H22N4O3S. The fourth-order valence-corrected chi connectivity index (χ4v) is 4.28. The van der Waals surface area contributed by atoms with Crippen molar-refractivity contribution in [3.63, 3.8) is 0 Å². The lowest BCUT2D eigenvalue weighted by Crippen LogP contribution is -2.52. The summed E-state index contributed by atoms with van der Waals surface area (Å²) in [5.41, 5.74) is 6.39. The molecule has 0 saturated heterocycles. The molecule has 2 aromatic rings. The molecule has 7 nitrogen and oxygen atoms in total. The van der Waals surface area contributed by atoms with Crippen molar-refractivity contribution in [1.29, 1.82) is 0 Å². The van der Waals surface area contributed by atoms with E-state index in [1.54, 1.807) is 35.4 Å². The van der Waals surface area contributed by atoms with Gasteiger partial charge in [-0.1, -0.05) is 41.6 Å². The zero-order valence-corrected chi connectivity index (χ0v) is 17.8. The summed E-state index contributed by atoms with van der Waals surface area (Å²) in [5.74, 6) is 0.794. The summed E-state index contributed by atoms with van der Waals surface area (Å²) in [6, 6.07) is 13.1. The van der Waals surface area contributed by atoms with Crippen LogP contribution in [0.4, 0.5) is 5.69 Å². The van der Waals surface area contributed by atoms with E-state index in [1.807, 2.05) is 50.2 Å². The first-order valence-electron chi connectivity index (χ1n) is 9.48. The number of nitrogens with one attached hydrogen (secondary N) is 1. The fraction of sp³-hybridized carbons (Fsp3) is 0.227. The maximum atomic E-state index is 13.0. The van der Waals surface area contributed by atoms with Crippen molar-refractivity contribution in [2.45, 2.75) is 20.0 Å². The lowest BCUT2D eigenvalue weighted by molar-refractivity contribution is -0.122. The van der Waals surface area contributed by atoms with Crippen LogP contribution < -0.4 is 15.1 Å². The number of benzene rings is 2. The van der Waals surface area contributed by atoms with E-state index in [0.717, 1.165) is 11.1 Å². The number of hydrogen-bond acceptors (Lipinski definition) is 7. The van der Waals surface area contributed by atoms with Gasteiger partial charge in [-0.3, -0.25) is 24.8 Å². The number of ether oxygens (including phenoxy) is 1. The van der Waals surface area contributed by atoms with Gasteiger partial charge < -0.3 is 4.74 Å². The minimum atomic E-state index is -0.639. The van der Waals surface area contributed by atoms with Crippen LogP contribution in [0, 0.1) is 13.8 Å². The lowest BCUT2D eigenvalue weighted by Gasteiger charge is -2.32. The molecule has 30 heavy (non-hydrogen) atoms. The van der Waals surface area contributed by atoms with Gasteiger partial charge in [0.25, 0.3) is 5.91 Å². The molecule has 4 rings (SSSR count). The number of carbonyl (C=O) groups is 2. The topological polar surface area (TPSA) is 74.2 Å². The van der Waals surface area contributed by atoms with E-state index in [0.29, 0.717) is 22.2 Å². The predicted octanol–water partition coefficient (Wildman–Crippen LogP) is 3.25. The molecule has 1 atom stereocenters. The van der Waals surface area contributed by atoms with Crippen molar-refractivity contribution >= 4 is 34.3 Å². The van der Waals surface area contributed by atoms with Gasteiger partial charge in [0.1, 0.15) is 5.75 Å². The van der Waals surface area contributed by atoms with Crippen LogP contribution in [0.5, 0.6) is 5.75 Å². The van der Waals surface area contributed by atoms with Crippen LogP contribution >= 0.6 is 11.8 Å². The van der Waals surface area contributed by atoms with Crippen molar-refractivity contribution in [2.24, 2.45) is 5.10 Å². The molecule has 0 radical (unpaired) electrons. The predicted molar refractivity (Wildman–Crippen MR) is 119 cm³/mol. The molecule has 2 aliphatic heterocycles. The summed E-state index contributed by atoms with van der Waals surface area (Å²) in [7, 11) is 1.59.